The molecular formula is C31H47N5O9. The fraction of sp³-hybridized carbons (Fsp3) is 0.484. The van der Waals surface area contributed by atoms with E-state index in [1.54, 1.807) is 48.5 Å². The number of imide groups is 2. The standard InChI is InChI=1S/C13H15NO4.C11H9NO3.C5H13NO2.C2H6.H4N2/c1-2-18-8-9(15)7-14-12(16)10-5-3-4-6-11(10)13(14)17;13-10-8-3-1-2-4-9(8)11(14)12(10)5-7-6-15-7;1-2-8-4-5(7)3-6;2*1-2/h3-6,9,15H,2,7-8H2,1H3;1-4,7H,5-6H2;5,7H,2-4,6H2,1H3;1-2H3;1-2H2. The lowest BCUT2D eigenvalue weighted by molar-refractivity contribution is 0.0211. The van der Waals surface area contributed by atoms with Gasteiger partial charge in [-0.15, -0.1) is 0 Å². The first-order chi connectivity index (χ1) is 21.7. The van der Waals surface area contributed by atoms with E-state index in [0.29, 0.717) is 55.2 Å². The highest BCUT2D eigenvalue weighted by Gasteiger charge is 2.39. The van der Waals surface area contributed by atoms with Crippen molar-refractivity contribution in [1.29, 1.82) is 0 Å². The summed E-state index contributed by atoms with van der Waals surface area (Å²) in [6, 6.07) is 13.6. The lowest BCUT2D eigenvalue weighted by Gasteiger charge is -2.18. The summed E-state index contributed by atoms with van der Waals surface area (Å²) in [4.78, 5) is 49.9. The van der Waals surface area contributed by atoms with E-state index < -0.39 is 12.2 Å². The van der Waals surface area contributed by atoms with Crippen LogP contribution >= 0.6 is 0 Å². The lowest BCUT2D eigenvalue weighted by atomic mass is 10.1. The molecule has 2 aromatic carbocycles. The molecule has 250 valence electrons. The Balaban J connectivity index is 0.000000339. The molecule has 14 heteroatoms. The molecule has 14 nitrogen and oxygen atoms in total. The van der Waals surface area contributed by atoms with Crippen LogP contribution in [0.4, 0.5) is 0 Å². The maximum Gasteiger partial charge on any atom is 0.261 e. The quantitative estimate of drug-likeness (QED) is 0.0990. The third-order valence-corrected chi connectivity index (χ3v) is 6.24. The van der Waals surface area contributed by atoms with Gasteiger partial charge in [-0.05, 0) is 38.1 Å². The first-order valence-corrected chi connectivity index (χ1v) is 14.8. The molecule has 4 amide bonds. The predicted octanol–water partition coefficient (Wildman–Crippen LogP) is 0.549. The molecule has 0 saturated carbocycles. The Morgan fingerprint density at radius 3 is 1.44 bits per heavy atom. The third-order valence-electron chi connectivity index (χ3n) is 6.24. The molecule has 0 aromatic heterocycles. The average Bonchev–Trinajstić information content (AvgIpc) is 3.85. The van der Waals surface area contributed by atoms with Crippen molar-refractivity contribution in [2.24, 2.45) is 17.4 Å². The Labute approximate surface area is 264 Å². The second-order valence-corrected chi connectivity index (χ2v) is 9.35. The van der Waals surface area contributed by atoms with Gasteiger partial charge < -0.3 is 30.2 Å². The summed E-state index contributed by atoms with van der Waals surface area (Å²) in [7, 11) is 0. The molecule has 8 N–H and O–H groups in total. The fourth-order valence-electron chi connectivity index (χ4n) is 4.03. The van der Waals surface area contributed by atoms with Gasteiger partial charge in [-0.25, -0.2) is 0 Å². The number of carbonyl (C=O) groups is 4. The van der Waals surface area contributed by atoms with Gasteiger partial charge in [0, 0.05) is 19.8 Å². The number of hydrazine groups is 1. The zero-order chi connectivity index (χ0) is 33.9. The Bertz CT molecular complexity index is 1160. The van der Waals surface area contributed by atoms with E-state index in [4.69, 9.17) is 25.1 Å². The molecule has 0 spiro atoms. The molecule has 3 aliphatic heterocycles. The summed E-state index contributed by atoms with van der Waals surface area (Å²) in [6.07, 6.45) is -1.30. The molecule has 3 unspecified atom stereocenters. The number of β-amino-alcohol motifs (C(OH)–C–C–N with tert-alkyl or cyclic N) is 1. The molecule has 1 fully saturated rings. The number of benzene rings is 2. The average molecular weight is 634 g/mol. The van der Waals surface area contributed by atoms with Gasteiger partial charge in [-0.2, -0.15) is 0 Å². The van der Waals surface area contributed by atoms with Crippen LogP contribution in [0, 0.1) is 0 Å². The van der Waals surface area contributed by atoms with Crippen molar-refractivity contribution in [3.63, 3.8) is 0 Å². The number of carbonyl (C=O) groups excluding carboxylic acids is 4. The maximum atomic E-state index is 12.0. The van der Waals surface area contributed by atoms with Gasteiger partial charge in [-0.3, -0.25) is 40.7 Å². The first-order valence-electron chi connectivity index (χ1n) is 14.8. The molecule has 0 aliphatic carbocycles. The van der Waals surface area contributed by atoms with Crippen molar-refractivity contribution >= 4 is 23.6 Å². The number of nitrogens with zero attached hydrogens (tertiary/aromatic N) is 2. The van der Waals surface area contributed by atoms with E-state index in [2.05, 4.69) is 11.7 Å². The lowest BCUT2D eigenvalue weighted by Crippen LogP contribution is -2.38. The summed E-state index contributed by atoms with van der Waals surface area (Å²) in [5, 5.41) is 18.4. The first kappa shape index (κ1) is 39.4. The fourth-order valence-corrected chi connectivity index (χ4v) is 4.03. The second-order valence-electron chi connectivity index (χ2n) is 9.35. The molecule has 1 saturated heterocycles. The van der Waals surface area contributed by atoms with Gasteiger partial charge in [0.05, 0.1) is 73.5 Å². The van der Waals surface area contributed by atoms with Crippen LogP contribution in [0.15, 0.2) is 48.5 Å². The van der Waals surface area contributed by atoms with E-state index >= 15 is 0 Å². The smallest absolute Gasteiger partial charge is 0.261 e. The van der Waals surface area contributed by atoms with Crippen molar-refractivity contribution in [2.45, 2.75) is 46.0 Å². The SMILES string of the molecule is CC.CCOCC(O)CN.CCOCC(O)CN1C(=O)c2ccccc2C1=O.NN.O=C1c2ccccc2C(=O)N1CC1CO1. The van der Waals surface area contributed by atoms with Crippen LogP contribution in [-0.2, 0) is 14.2 Å². The van der Waals surface area contributed by atoms with Crippen molar-refractivity contribution in [3.05, 3.63) is 70.8 Å². The molecular weight excluding hydrogens is 586 g/mol. The molecule has 3 aliphatic rings. The molecule has 5 rings (SSSR count). The van der Waals surface area contributed by atoms with Gasteiger partial charge in [0.2, 0.25) is 0 Å². The number of amides is 4. The third kappa shape index (κ3) is 11.7. The van der Waals surface area contributed by atoms with Gasteiger partial charge in [0.25, 0.3) is 23.6 Å². The van der Waals surface area contributed by atoms with Crippen LogP contribution in [0.2, 0.25) is 0 Å². The topological polar surface area (TPSA) is 224 Å². The predicted molar refractivity (Wildman–Crippen MR) is 167 cm³/mol. The molecule has 0 bridgehead atoms. The number of aliphatic hydroxyl groups is 2. The number of hydrogen-bond donors (Lipinski definition) is 5. The minimum Gasteiger partial charge on any atom is -0.389 e. The van der Waals surface area contributed by atoms with Gasteiger partial charge in [0.15, 0.2) is 0 Å². The summed E-state index contributed by atoms with van der Waals surface area (Å²) in [5.41, 5.74) is 6.88. The number of fused-ring (bicyclic) bond motifs is 2. The Hall–Kier alpha value is -3.60. The number of aliphatic hydroxyl groups excluding tert-OH is 2. The van der Waals surface area contributed by atoms with E-state index in [1.807, 2.05) is 27.7 Å². The zero-order valence-corrected chi connectivity index (χ0v) is 26.4. The number of nitrogens with two attached hydrogens (primary N) is 3. The summed E-state index contributed by atoms with van der Waals surface area (Å²) < 4.78 is 14.9. The second kappa shape index (κ2) is 21.2. The van der Waals surface area contributed by atoms with E-state index in [9.17, 15) is 24.3 Å². The number of ether oxygens (including phenoxy) is 3. The minimum absolute atomic E-state index is 0.0354. The van der Waals surface area contributed by atoms with Gasteiger partial charge in [0.1, 0.15) is 0 Å². The molecule has 45 heavy (non-hydrogen) atoms. The highest BCUT2D eigenvalue weighted by Crippen LogP contribution is 2.25. The summed E-state index contributed by atoms with van der Waals surface area (Å²) >= 11 is 0. The van der Waals surface area contributed by atoms with Crippen LogP contribution in [0.1, 0.15) is 69.1 Å². The Morgan fingerprint density at radius 2 is 1.11 bits per heavy atom. The Kier molecular flexibility index (Phi) is 18.6. The monoisotopic (exact) mass is 633 g/mol. The molecule has 2 aromatic rings. The van der Waals surface area contributed by atoms with Crippen molar-refractivity contribution in [2.75, 3.05) is 52.7 Å². The number of hydrogen-bond acceptors (Lipinski definition) is 12. The van der Waals surface area contributed by atoms with Crippen LogP contribution < -0.4 is 17.4 Å². The summed E-state index contributed by atoms with van der Waals surface area (Å²) in [6.45, 7) is 10.6. The van der Waals surface area contributed by atoms with E-state index in [-0.39, 0.29) is 49.4 Å². The van der Waals surface area contributed by atoms with Crippen molar-refractivity contribution in [1.82, 2.24) is 9.80 Å². The van der Waals surface area contributed by atoms with Crippen molar-refractivity contribution < 1.29 is 43.6 Å². The van der Waals surface area contributed by atoms with Crippen LogP contribution in [-0.4, -0.2) is 115 Å². The minimum atomic E-state index is -0.854. The number of rotatable bonds is 11. The molecule has 0 radical (unpaired) electrons. The molecule has 3 atom stereocenters. The van der Waals surface area contributed by atoms with Crippen LogP contribution in [0.5, 0.6) is 0 Å². The zero-order valence-electron chi connectivity index (χ0n) is 26.4. The van der Waals surface area contributed by atoms with Gasteiger partial charge >= 0.3 is 0 Å². The van der Waals surface area contributed by atoms with Gasteiger partial charge in [-0.1, -0.05) is 38.1 Å². The number of epoxide rings is 1. The van der Waals surface area contributed by atoms with Crippen molar-refractivity contribution in [3.8, 4) is 0 Å². The van der Waals surface area contributed by atoms with Crippen LogP contribution in [0.3, 0.4) is 0 Å². The largest absolute Gasteiger partial charge is 0.389 e. The van der Waals surface area contributed by atoms with Crippen LogP contribution in [0.25, 0.3) is 0 Å². The highest BCUT2D eigenvalue weighted by molar-refractivity contribution is 6.22. The maximum absolute atomic E-state index is 12.0. The molecule has 3 heterocycles. The van der Waals surface area contributed by atoms with E-state index in [1.165, 1.54) is 4.90 Å². The normalized spacial score (nSPS) is 16.9. The highest BCUT2D eigenvalue weighted by atomic mass is 16.6. The summed E-state index contributed by atoms with van der Waals surface area (Å²) in [5.74, 6) is 6.88. The Morgan fingerprint density at radius 1 is 0.756 bits per heavy atom. The van der Waals surface area contributed by atoms with E-state index in [0.717, 1.165) is 4.90 Å².